The first-order valence-electron chi connectivity index (χ1n) is 6.97. The van der Waals surface area contributed by atoms with E-state index in [0.29, 0.717) is 0 Å². The molecule has 0 bridgehead atoms. The van der Waals surface area contributed by atoms with E-state index in [1.54, 1.807) is 0 Å². The van der Waals surface area contributed by atoms with Crippen molar-refractivity contribution in [2.45, 2.75) is 32.6 Å². The van der Waals surface area contributed by atoms with Gasteiger partial charge in [0.1, 0.15) is 0 Å². The summed E-state index contributed by atoms with van der Waals surface area (Å²) in [5, 5.41) is 3.48. The third-order valence-corrected chi connectivity index (χ3v) is 3.94. The Morgan fingerprint density at radius 2 is 1.67 bits per heavy atom. The summed E-state index contributed by atoms with van der Waals surface area (Å²) in [6.45, 7) is 5.95. The average Bonchev–Trinajstić information content (AvgIpc) is 2.72. The van der Waals surface area contributed by atoms with E-state index < -0.39 is 5.79 Å². The molecule has 0 aliphatic carbocycles. The van der Waals surface area contributed by atoms with Crippen molar-refractivity contribution in [3.8, 4) is 11.5 Å². The van der Waals surface area contributed by atoms with Gasteiger partial charge in [-0.15, -0.1) is 0 Å². The number of nitrogens with one attached hydrogen (secondary N) is 1. The van der Waals surface area contributed by atoms with Crippen LogP contribution in [0.2, 0.25) is 0 Å². The van der Waals surface area contributed by atoms with Gasteiger partial charge in [-0.3, -0.25) is 0 Å². The number of halogens is 1. The number of benzene rings is 2. The fourth-order valence-electron chi connectivity index (χ4n) is 2.40. The van der Waals surface area contributed by atoms with Gasteiger partial charge in [0.2, 0.25) is 5.79 Å². The van der Waals surface area contributed by atoms with Crippen molar-refractivity contribution in [3.05, 3.63) is 52.5 Å². The molecule has 0 radical (unpaired) electrons. The molecule has 0 fully saturated rings. The highest BCUT2D eigenvalue weighted by molar-refractivity contribution is 9.10. The second kappa shape index (κ2) is 5.26. The Hall–Kier alpha value is -1.68. The van der Waals surface area contributed by atoms with Gasteiger partial charge in [0.05, 0.1) is 0 Å². The molecule has 1 aliphatic heterocycles. The van der Waals surface area contributed by atoms with E-state index in [0.717, 1.165) is 21.7 Å². The molecule has 2 aromatic carbocycles. The van der Waals surface area contributed by atoms with Crippen molar-refractivity contribution in [2.24, 2.45) is 0 Å². The molecule has 1 aliphatic rings. The number of hydrogen-bond donors (Lipinski definition) is 1. The minimum absolute atomic E-state index is 0.214. The van der Waals surface area contributed by atoms with E-state index in [2.05, 4.69) is 52.4 Å². The second-order valence-corrected chi connectivity index (χ2v) is 6.60. The van der Waals surface area contributed by atoms with Gasteiger partial charge in [0.25, 0.3) is 0 Å². The molecule has 1 heterocycles. The molecule has 1 unspecified atom stereocenters. The first-order chi connectivity index (χ1) is 9.93. The van der Waals surface area contributed by atoms with Crippen LogP contribution in [0.5, 0.6) is 11.5 Å². The molecular formula is C17H18BrNO2. The van der Waals surface area contributed by atoms with Crippen LogP contribution in [0.25, 0.3) is 0 Å². The van der Waals surface area contributed by atoms with Crippen LogP contribution in [0.4, 0.5) is 5.69 Å². The van der Waals surface area contributed by atoms with E-state index >= 15 is 0 Å². The predicted octanol–water partition coefficient (Wildman–Crippen LogP) is 5.13. The molecular weight excluding hydrogens is 330 g/mol. The van der Waals surface area contributed by atoms with Crippen LogP contribution in [-0.4, -0.2) is 5.79 Å². The monoisotopic (exact) mass is 347 g/mol. The van der Waals surface area contributed by atoms with Crippen LogP contribution in [0, 0.1) is 0 Å². The van der Waals surface area contributed by atoms with E-state index in [4.69, 9.17) is 9.47 Å². The Kier molecular flexibility index (Phi) is 3.57. The van der Waals surface area contributed by atoms with Gasteiger partial charge < -0.3 is 14.8 Å². The highest BCUT2D eigenvalue weighted by atomic mass is 79.9. The van der Waals surface area contributed by atoms with Crippen LogP contribution >= 0.6 is 15.9 Å². The highest BCUT2D eigenvalue weighted by Crippen LogP contribution is 2.41. The van der Waals surface area contributed by atoms with E-state index in [9.17, 15) is 0 Å². The quantitative estimate of drug-likeness (QED) is 0.834. The standard InChI is InChI=1S/C17H18BrNO2/c1-11(12-4-6-13(18)7-5-12)19-14-8-9-15-16(10-14)21-17(2,3)20-15/h4-11,19H,1-3H3. The van der Waals surface area contributed by atoms with E-state index in [-0.39, 0.29) is 6.04 Å². The zero-order chi connectivity index (χ0) is 15.0. The first-order valence-corrected chi connectivity index (χ1v) is 7.76. The van der Waals surface area contributed by atoms with Gasteiger partial charge in [-0.25, -0.2) is 0 Å². The Balaban J connectivity index is 1.76. The topological polar surface area (TPSA) is 30.5 Å². The van der Waals surface area contributed by atoms with Crippen molar-refractivity contribution in [3.63, 3.8) is 0 Å². The Morgan fingerprint density at radius 1 is 1.00 bits per heavy atom. The molecule has 0 saturated heterocycles. The second-order valence-electron chi connectivity index (χ2n) is 5.68. The van der Waals surface area contributed by atoms with Gasteiger partial charge in [0, 0.05) is 36.1 Å². The minimum atomic E-state index is -0.585. The van der Waals surface area contributed by atoms with Crippen molar-refractivity contribution >= 4 is 21.6 Å². The maximum absolute atomic E-state index is 5.77. The van der Waals surface area contributed by atoms with Gasteiger partial charge in [-0.05, 0) is 36.8 Å². The molecule has 0 saturated carbocycles. The lowest BCUT2D eigenvalue weighted by molar-refractivity contribution is -0.0431. The predicted molar refractivity (Wildman–Crippen MR) is 88.0 cm³/mol. The van der Waals surface area contributed by atoms with Crippen molar-refractivity contribution in [2.75, 3.05) is 5.32 Å². The number of fused-ring (bicyclic) bond motifs is 1. The molecule has 110 valence electrons. The summed E-state index contributed by atoms with van der Waals surface area (Å²) in [7, 11) is 0. The van der Waals surface area contributed by atoms with Crippen LogP contribution in [-0.2, 0) is 0 Å². The summed E-state index contributed by atoms with van der Waals surface area (Å²) in [6, 6.07) is 14.5. The fourth-order valence-corrected chi connectivity index (χ4v) is 2.66. The Labute approximate surface area is 133 Å². The summed E-state index contributed by atoms with van der Waals surface area (Å²) in [4.78, 5) is 0. The minimum Gasteiger partial charge on any atom is -0.449 e. The molecule has 0 spiro atoms. The Morgan fingerprint density at radius 3 is 2.38 bits per heavy atom. The molecule has 0 aromatic heterocycles. The maximum atomic E-state index is 5.77. The Bertz CT molecular complexity index is 652. The zero-order valence-corrected chi connectivity index (χ0v) is 13.9. The summed E-state index contributed by atoms with van der Waals surface area (Å²) in [6.07, 6.45) is 0. The van der Waals surface area contributed by atoms with Gasteiger partial charge in [-0.1, -0.05) is 28.1 Å². The number of rotatable bonds is 3. The van der Waals surface area contributed by atoms with Crippen LogP contribution in [0.15, 0.2) is 46.9 Å². The molecule has 3 rings (SSSR count). The summed E-state index contributed by atoms with van der Waals surface area (Å²) >= 11 is 3.45. The number of hydrogen-bond acceptors (Lipinski definition) is 3. The third kappa shape index (κ3) is 3.16. The summed E-state index contributed by atoms with van der Waals surface area (Å²) in [5.74, 6) is 0.994. The maximum Gasteiger partial charge on any atom is 0.246 e. The largest absolute Gasteiger partial charge is 0.449 e. The normalized spacial score (nSPS) is 16.6. The lowest BCUT2D eigenvalue weighted by Gasteiger charge is -2.16. The smallest absolute Gasteiger partial charge is 0.246 e. The lowest BCUT2D eigenvalue weighted by atomic mass is 10.1. The average molecular weight is 348 g/mol. The van der Waals surface area contributed by atoms with E-state index in [1.165, 1.54) is 5.56 Å². The third-order valence-electron chi connectivity index (χ3n) is 3.41. The molecule has 4 heteroatoms. The summed E-state index contributed by atoms with van der Waals surface area (Å²) < 4.78 is 12.6. The molecule has 21 heavy (non-hydrogen) atoms. The number of anilines is 1. The van der Waals surface area contributed by atoms with E-state index in [1.807, 2.05) is 32.0 Å². The van der Waals surface area contributed by atoms with Gasteiger partial charge >= 0.3 is 0 Å². The summed E-state index contributed by atoms with van der Waals surface area (Å²) in [5.41, 5.74) is 2.25. The number of ether oxygens (including phenoxy) is 2. The lowest BCUT2D eigenvalue weighted by Crippen LogP contribution is -2.29. The molecule has 3 nitrogen and oxygen atoms in total. The zero-order valence-electron chi connectivity index (χ0n) is 12.3. The van der Waals surface area contributed by atoms with Crippen LogP contribution in [0.1, 0.15) is 32.4 Å². The van der Waals surface area contributed by atoms with Crippen LogP contribution < -0.4 is 14.8 Å². The first kappa shape index (κ1) is 14.3. The van der Waals surface area contributed by atoms with Gasteiger partial charge in [0.15, 0.2) is 11.5 Å². The van der Waals surface area contributed by atoms with Gasteiger partial charge in [-0.2, -0.15) is 0 Å². The van der Waals surface area contributed by atoms with Crippen molar-refractivity contribution in [1.82, 2.24) is 0 Å². The highest BCUT2D eigenvalue weighted by Gasteiger charge is 2.31. The molecule has 1 N–H and O–H groups in total. The fraction of sp³-hybridized carbons (Fsp3) is 0.294. The van der Waals surface area contributed by atoms with Crippen molar-refractivity contribution < 1.29 is 9.47 Å². The molecule has 0 amide bonds. The molecule has 2 aromatic rings. The molecule has 1 atom stereocenters. The van der Waals surface area contributed by atoms with Crippen molar-refractivity contribution in [1.29, 1.82) is 0 Å². The SMILES string of the molecule is CC(Nc1ccc2c(c1)OC(C)(C)O2)c1ccc(Br)cc1. The van der Waals surface area contributed by atoms with Crippen LogP contribution in [0.3, 0.4) is 0 Å².